The van der Waals surface area contributed by atoms with Crippen molar-refractivity contribution in [1.29, 1.82) is 0 Å². The molecule has 0 fully saturated rings. The summed E-state index contributed by atoms with van der Waals surface area (Å²) in [5, 5.41) is 0. The summed E-state index contributed by atoms with van der Waals surface area (Å²) in [5.41, 5.74) is 3.26. The first-order chi connectivity index (χ1) is 13.9. The third kappa shape index (κ3) is 7.96. The number of halogens is 2. The lowest BCUT2D eigenvalue weighted by molar-refractivity contribution is -0.156. The van der Waals surface area contributed by atoms with Gasteiger partial charge < -0.3 is 14.2 Å². The second kappa shape index (κ2) is 12.2. The molecule has 0 amide bonds. The number of hydrogen-bond acceptors (Lipinski definition) is 4. The van der Waals surface area contributed by atoms with Gasteiger partial charge in [0.25, 0.3) is 0 Å². The van der Waals surface area contributed by atoms with Crippen LogP contribution in [0.5, 0.6) is 5.75 Å². The zero-order valence-corrected chi connectivity index (χ0v) is 20.1. The largest absolute Gasteiger partial charge is 0.490 e. The second-order valence-electron chi connectivity index (χ2n) is 6.40. The molecule has 0 aromatic heterocycles. The van der Waals surface area contributed by atoms with E-state index in [0.717, 1.165) is 31.4 Å². The molecule has 0 heterocycles. The lowest BCUT2D eigenvalue weighted by Crippen LogP contribution is -2.28. The van der Waals surface area contributed by atoms with E-state index < -0.39 is 6.10 Å². The third-order valence-electron chi connectivity index (χ3n) is 4.22. The molecular weight excluding hydrogens is 500 g/mol. The van der Waals surface area contributed by atoms with Gasteiger partial charge in [0.15, 0.2) is 6.10 Å². The quantitative estimate of drug-likeness (QED) is 0.346. The Hall–Kier alpha value is -1.63. The molecule has 2 aromatic rings. The Labute approximate surface area is 189 Å². The van der Waals surface area contributed by atoms with Crippen LogP contribution in [0.4, 0.5) is 0 Å². The Balaban J connectivity index is 1.93. The SMILES string of the molecule is CCOC(=O)[C@H](Cc1ccc(OC/C=C(\C)c2cc(Br)cc(Br)c2)cc1)OCC. The van der Waals surface area contributed by atoms with Crippen molar-refractivity contribution in [2.45, 2.75) is 33.3 Å². The minimum absolute atomic E-state index is 0.325. The number of esters is 1. The molecule has 0 radical (unpaired) electrons. The molecular formula is C23H26Br2O4. The summed E-state index contributed by atoms with van der Waals surface area (Å²) < 4.78 is 18.5. The van der Waals surface area contributed by atoms with E-state index in [2.05, 4.69) is 50.9 Å². The van der Waals surface area contributed by atoms with E-state index in [9.17, 15) is 4.79 Å². The number of hydrogen-bond donors (Lipinski definition) is 0. The van der Waals surface area contributed by atoms with Crippen LogP contribution in [0, 0.1) is 0 Å². The van der Waals surface area contributed by atoms with Crippen LogP contribution in [-0.4, -0.2) is 31.9 Å². The van der Waals surface area contributed by atoms with E-state index in [1.807, 2.05) is 43.3 Å². The Morgan fingerprint density at radius 1 is 1.03 bits per heavy atom. The van der Waals surface area contributed by atoms with Gasteiger partial charge in [-0.1, -0.05) is 44.0 Å². The molecule has 0 N–H and O–H groups in total. The number of carbonyl (C=O) groups is 1. The number of benzene rings is 2. The van der Waals surface area contributed by atoms with E-state index in [4.69, 9.17) is 14.2 Å². The molecule has 156 valence electrons. The number of rotatable bonds is 10. The predicted molar refractivity (Wildman–Crippen MR) is 123 cm³/mol. The average molecular weight is 526 g/mol. The summed E-state index contributed by atoms with van der Waals surface area (Å²) in [4.78, 5) is 12.0. The van der Waals surface area contributed by atoms with Crippen LogP contribution >= 0.6 is 31.9 Å². The Kier molecular flexibility index (Phi) is 9.91. The van der Waals surface area contributed by atoms with Gasteiger partial charge in [-0.15, -0.1) is 0 Å². The summed E-state index contributed by atoms with van der Waals surface area (Å²) >= 11 is 7.02. The van der Waals surface area contributed by atoms with Crippen molar-refractivity contribution in [3.8, 4) is 5.75 Å². The molecule has 0 unspecified atom stereocenters. The first kappa shape index (κ1) is 23.6. The normalized spacial score (nSPS) is 12.5. The lowest BCUT2D eigenvalue weighted by Gasteiger charge is -2.15. The van der Waals surface area contributed by atoms with Gasteiger partial charge in [0.2, 0.25) is 0 Å². The van der Waals surface area contributed by atoms with Gasteiger partial charge in [0.1, 0.15) is 12.4 Å². The highest BCUT2D eigenvalue weighted by Crippen LogP contribution is 2.24. The van der Waals surface area contributed by atoms with Crippen LogP contribution < -0.4 is 4.74 Å². The van der Waals surface area contributed by atoms with Crippen LogP contribution in [0.1, 0.15) is 31.9 Å². The topological polar surface area (TPSA) is 44.8 Å². The van der Waals surface area contributed by atoms with E-state index in [-0.39, 0.29) is 5.97 Å². The number of ether oxygens (including phenoxy) is 3. The highest BCUT2D eigenvalue weighted by atomic mass is 79.9. The predicted octanol–water partition coefficient (Wildman–Crippen LogP) is 6.20. The Morgan fingerprint density at radius 2 is 1.69 bits per heavy atom. The molecule has 29 heavy (non-hydrogen) atoms. The first-order valence-electron chi connectivity index (χ1n) is 9.56. The van der Waals surface area contributed by atoms with Gasteiger partial charge in [0.05, 0.1) is 6.61 Å². The Morgan fingerprint density at radius 3 is 2.28 bits per heavy atom. The van der Waals surface area contributed by atoms with Crippen molar-refractivity contribution in [3.05, 3.63) is 68.6 Å². The summed E-state index contributed by atoms with van der Waals surface area (Å²) in [6.07, 6.45) is 1.94. The lowest BCUT2D eigenvalue weighted by atomic mass is 10.1. The van der Waals surface area contributed by atoms with Crippen LogP contribution in [0.3, 0.4) is 0 Å². The summed E-state index contributed by atoms with van der Waals surface area (Å²) in [6.45, 7) is 7.00. The first-order valence-corrected chi connectivity index (χ1v) is 11.1. The molecule has 2 rings (SSSR count). The van der Waals surface area contributed by atoms with Crippen molar-refractivity contribution < 1.29 is 19.0 Å². The fourth-order valence-corrected chi connectivity index (χ4v) is 4.04. The van der Waals surface area contributed by atoms with E-state index in [1.165, 1.54) is 0 Å². The molecule has 0 aliphatic heterocycles. The maximum Gasteiger partial charge on any atom is 0.335 e. The van der Waals surface area contributed by atoms with Crippen LogP contribution in [0.2, 0.25) is 0 Å². The van der Waals surface area contributed by atoms with E-state index in [1.54, 1.807) is 6.92 Å². The van der Waals surface area contributed by atoms with Gasteiger partial charge in [0, 0.05) is 22.0 Å². The van der Waals surface area contributed by atoms with Crippen molar-refractivity contribution in [2.75, 3.05) is 19.8 Å². The van der Waals surface area contributed by atoms with Crippen LogP contribution in [0.25, 0.3) is 5.57 Å². The molecule has 0 aliphatic rings. The standard InChI is InChI=1S/C23H26Br2O4/c1-4-27-22(23(26)28-5-2)12-17-6-8-21(9-7-17)29-11-10-16(3)18-13-19(24)15-20(25)14-18/h6-10,13-15,22H,4-5,11-12H2,1-3H3/b16-10+/t22-/m0/s1. The Bertz CT molecular complexity index is 811. The molecule has 4 nitrogen and oxygen atoms in total. The fourth-order valence-electron chi connectivity index (χ4n) is 2.74. The minimum Gasteiger partial charge on any atom is -0.490 e. The van der Waals surface area contributed by atoms with Gasteiger partial charge in [-0.05, 0) is 73.9 Å². The van der Waals surface area contributed by atoms with Crippen LogP contribution in [0.15, 0.2) is 57.5 Å². The maximum absolute atomic E-state index is 12.0. The monoisotopic (exact) mass is 524 g/mol. The fraction of sp³-hybridized carbons (Fsp3) is 0.348. The summed E-state index contributed by atoms with van der Waals surface area (Å²) in [6, 6.07) is 13.9. The molecule has 6 heteroatoms. The van der Waals surface area contributed by atoms with Crippen molar-refractivity contribution >= 4 is 43.4 Å². The van der Waals surface area contributed by atoms with Gasteiger partial charge in [-0.25, -0.2) is 4.79 Å². The summed E-state index contributed by atoms with van der Waals surface area (Å²) in [5.74, 6) is 0.451. The third-order valence-corrected chi connectivity index (χ3v) is 5.13. The van der Waals surface area contributed by atoms with Gasteiger partial charge in [-0.3, -0.25) is 0 Å². The molecule has 0 saturated carbocycles. The number of allylic oxidation sites excluding steroid dienone is 1. The molecule has 0 aliphatic carbocycles. The molecule has 2 aromatic carbocycles. The van der Waals surface area contributed by atoms with E-state index in [0.29, 0.717) is 26.2 Å². The zero-order valence-electron chi connectivity index (χ0n) is 16.9. The molecule has 1 atom stereocenters. The van der Waals surface area contributed by atoms with E-state index >= 15 is 0 Å². The van der Waals surface area contributed by atoms with Crippen molar-refractivity contribution in [1.82, 2.24) is 0 Å². The molecule has 0 spiro atoms. The smallest absolute Gasteiger partial charge is 0.335 e. The highest BCUT2D eigenvalue weighted by Gasteiger charge is 2.20. The van der Waals surface area contributed by atoms with Crippen molar-refractivity contribution in [2.24, 2.45) is 0 Å². The number of carbonyl (C=O) groups excluding carboxylic acids is 1. The van der Waals surface area contributed by atoms with Crippen LogP contribution in [-0.2, 0) is 20.7 Å². The molecule has 0 saturated heterocycles. The maximum atomic E-state index is 12.0. The highest BCUT2D eigenvalue weighted by molar-refractivity contribution is 9.11. The average Bonchev–Trinajstić information content (AvgIpc) is 2.68. The molecule has 0 bridgehead atoms. The second-order valence-corrected chi connectivity index (χ2v) is 8.23. The van der Waals surface area contributed by atoms with Gasteiger partial charge in [-0.2, -0.15) is 0 Å². The zero-order chi connectivity index (χ0) is 21.2. The minimum atomic E-state index is -0.582. The van der Waals surface area contributed by atoms with Crippen molar-refractivity contribution in [3.63, 3.8) is 0 Å². The summed E-state index contributed by atoms with van der Waals surface area (Å²) in [7, 11) is 0. The van der Waals surface area contributed by atoms with Gasteiger partial charge >= 0.3 is 5.97 Å².